The minimum Gasteiger partial charge on any atom is -0.431 e. The summed E-state index contributed by atoms with van der Waals surface area (Å²) in [5, 5.41) is 13.1. The summed E-state index contributed by atoms with van der Waals surface area (Å²) in [5.41, 5.74) is 2.08. The number of hydrogen-bond acceptors (Lipinski definition) is 10. The fourth-order valence-corrected chi connectivity index (χ4v) is 10.1. The van der Waals surface area contributed by atoms with Gasteiger partial charge in [0, 0.05) is 62.2 Å². The van der Waals surface area contributed by atoms with Crippen molar-refractivity contribution in [1.82, 2.24) is 50.5 Å². The first kappa shape index (κ1) is 57.4. The Hall–Kier alpha value is -6.92. The third-order valence-electron chi connectivity index (χ3n) is 14.5. The maximum absolute atomic E-state index is 15.4. The number of unbranched alkanes of at least 4 members (excludes halogenated alkanes) is 1. The summed E-state index contributed by atoms with van der Waals surface area (Å²) in [6.07, 6.45) is 7.83. The molecule has 19 heteroatoms. The summed E-state index contributed by atoms with van der Waals surface area (Å²) in [4.78, 5) is 116. The number of allylic oxidation sites excluding steroid dienone is 1. The van der Waals surface area contributed by atoms with Crippen LogP contribution in [0.5, 0.6) is 6.01 Å². The van der Waals surface area contributed by atoms with E-state index in [-0.39, 0.29) is 56.5 Å². The highest BCUT2D eigenvalue weighted by molar-refractivity contribution is 5.99. The molecular formula is C56H77FN10O8. The van der Waals surface area contributed by atoms with E-state index in [0.717, 1.165) is 16.5 Å². The standard InChI is InChI=1S/C56H77FN10O8/c1-12-14-19-41-48(68)62-43(29-38-31-67(56(8,9)13-2)44-20-16-15-18-39(38)44)53(73)65(11)46(25-33(3)4)50(70)61-42(28-36-22-23-40-37(27-36)30-58-55(63-40)75-32-57)49(69)59-35(7)52(72)64(10)45-21-17-24-66(54(45)74)47(26-34(5)6)51(71)60-41/h13,15-16,18,20,22-23,27,30-31,33-35,41-43,45-47H,2,12,14,17,19,21,24-26,28-29,32H2,1,3-11H3,(H,59,69)(H,60,71)(H,61,70)(H,62,68)/t35-,41-,42-,43-,45-,46-,47-/m0/s1. The number of likely N-dealkylation sites (N-methyl/N-ethyl adjacent to an activating group) is 2. The van der Waals surface area contributed by atoms with Crippen LogP contribution < -0.4 is 26.0 Å². The van der Waals surface area contributed by atoms with Gasteiger partial charge in [-0.25, -0.2) is 9.37 Å². The molecule has 2 aromatic carbocycles. The molecule has 75 heavy (non-hydrogen) atoms. The van der Waals surface area contributed by atoms with Crippen molar-refractivity contribution in [2.24, 2.45) is 11.8 Å². The van der Waals surface area contributed by atoms with Crippen LogP contribution in [-0.2, 0) is 51.9 Å². The molecule has 0 aliphatic carbocycles. The Labute approximate surface area is 439 Å². The molecule has 4 aromatic rings. The lowest BCUT2D eigenvalue weighted by Gasteiger charge is -2.41. The average Bonchev–Trinajstić information content (AvgIpc) is 3.75. The van der Waals surface area contributed by atoms with E-state index in [2.05, 4.69) is 42.4 Å². The van der Waals surface area contributed by atoms with E-state index in [9.17, 15) is 33.2 Å². The van der Waals surface area contributed by atoms with Gasteiger partial charge in [0.25, 0.3) is 0 Å². The second-order valence-corrected chi connectivity index (χ2v) is 21.5. The number of carbonyl (C=O) groups is 7. The normalized spacial score (nSPS) is 23.3. The summed E-state index contributed by atoms with van der Waals surface area (Å²) in [6, 6.07) is 4.67. The molecule has 7 amide bonds. The summed E-state index contributed by atoms with van der Waals surface area (Å²) in [6.45, 7) is 18.4. The molecular weight excluding hydrogens is 960 g/mol. The van der Waals surface area contributed by atoms with E-state index >= 15 is 4.79 Å². The number of rotatable bonds is 15. The summed E-state index contributed by atoms with van der Waals surface area (Å²) in [7, 11) is 2.99. The summed E-state index contributed by atoms with van der Waals surface area (Å²) < 4.78 is 19.9. The van der Waals surface area contributed by atoms with Crippen molar-refractivity contribution in [2.45, 2.75) is 161 Å². The SMILES string of the molecule is C=CC(C)(C)n1cc(C[C@@H]2NC(=O)[C@H](CCCC)NC(=O)[C@H](CC(C)C)N3CCC[C@@H](C3=O)N(C)C(=O)[C@H](C)NC(=O)[C@H](Cc3ccc4nc(OCF)ncc4c3)NC(=O)[C@H](CC(C)C)N(C)C2=O)c2ccccc21. The Kier molecular flexibility index (Phi) is 19.2. The highest BCUT2D eigenvalue weighted by Gasteiger charge is 2.43. The molecule has 18 nitrogen and oxygen atoms in total. The first-order valence-corrected chi connectivity index (χ1v) is 26.3. The quantitative estimate of drug-likeness (QED) is 0.110. The van der Waals surface area contributed by atoms with Gasteiger partial charge in [0.2, 0.25) is 48.2 Å². The predicted molar refractivity (Wildman–Crippen MR) is 285 cm³/mol. The fourth-order valence-electron chi connectivity index (χ4n) is 10.1. The molecule has 0 radical (unpaired) electrons. The lowest BCUT2D eigenvalue weighted by molar-refractivity contribution is -0.153. The van der Waals surface area contributed by atoms with Crippen LogP contribution >= 0.6 is 0 Å². The van der Waals surface area contributed by atoms with Crippen molar-refractivity contribution in [1.29, 1.82) is 0 Å². The van der Waals surface area contributed by atoms with Crippen LogP contribution in [0.1, 0.15) is 111 Å². The third-order valence-corrected chi connectivity index (χ3v) is 14.5. The highest BCUT2D eigenvalue weighted by Crippen LogP contribution is 2.30. The van der Waals surface area contributed by atoms with Crippen molar-refractivity contribution in [3.63, 3.8) is 0 Å². The van der Waals surface area contributed by atoms with Gasteiger partial charge in [0.15, 0.2) is 0 Å². The van der Waals surface area contributed by atoms with Crippen molar-refractivity contribution in [3.8, 4) is 6.01 Å². The number of benzene rings is 2. The van der Waals surface area contributed by atoms with Crippen LogP contribution in [0.3, 0.4) is 0 Å². The lowest BCUT2D eigenvalue weighted by Crippen LogP contribution is -2.62. The van der Waals surface area contributed by atoms with Gasteiger partial charge in [-0.1, -0.05) is 77.8 Å². The van der Waals surface area contributed by atoms with E-state index in [4.69, 9.17) is 4.74 Å². The van der Waals surface area contributed by atoms with Gasteiger partial charge in [0.1, 0.15) is 42.3 Å². The number of piperidine rings is 1. The Morgan fingerprint density at radius 3 is 2.15 bits per heavy atom. The van der Waals surface area contributed by atoms with Crippen LogP contribution in [0, 0.1) is 11.8 Å². The van der Waals surface area contributed by atoms with Gasteiger partial charge in [-0.3, -0.25) is 33.6 Å². The van der Waals surface area contributed by atoms with Crippen molar-refractivity contribution >= 4 is 63.2 Å². The molecule has 2 aliphatic rings. The minimum atomic E-state index is -1.31. The van der Waals surface area contributed by atoms with Gasteiger partial charge in [-0.2, -0.15) is 4.98 Å². The van der Waals surface area contributed by atoms with Crippen LogP contribution in [0.25, 0.3) is 21.8 Å². The van der Waals surface area contributed by atoms with Gasteiger partial charge >= 0.3 is 6.01 Å². The number of carbonyl (C=O) groups excluding carboxylic acids is 7. The molecule has 4 N–H and O–H groups in total. The Morgan fingerprint density at radius 2 is 1.47 bits per heavy atom. The molecule has 2 saturated heterocycles. The molecule has 2 fully saturated rings. The topological polar surface area (TPSA) is 217 Å². The first-order valence-electron chi connectivity index (χ1n) is 26.3. The number of para-hydroxylation sites is 1. The number of alkyl halides is 1. The van der Waals surface area contributed by atoms with E-state index in [0.29, 0.717) is 42.1 Å². The first-order chi connectivity index (χ1) is 35.6. The number of nitrogens with zero attached hydrogens (tertiary/aromatic N) is 6. The zero-order valence-corrected chi connectivity index (χ0v) is 45.3. The molecule has 7 atom stereocenters. The fraction of sp³-hybridized carbons (Fsp3) is 0.554. The monoisotopic (exact) mass is 1040 g/mol. The maximum atomic E-state index is 15.4. The number of amides is 7. The number of hydrogen-bond donors (Lipinski definition) is 4. The Bertz CT molecular complexity index is 2740. The lowest BCUT2D eigenvalue weighted by atomic mass is 9.95. The molecule has 0 unspecified atom stereocenters. The van der Waals surface area contributed by atoms with Crippen molar-refractivity contribution < 1.29 is 42.7 Å². The Balaban J connectivity index is 1.48. The smallest absolute Gasteiger partial charge is 0.319 e. The van der Waals surface area contributed by atoms with E-state index < -0.39 is 96.0 Å². The molecule has 406 valence electrons. The summed E-state index contributed by atoms with van der Waals surface area (Å²) >= 11 is 0. The molecule has 6 rings (SSSR count). The van der Waals surface area contributed by atoms with Crippen LogP contribution in [-0.4, -0.2) is 140 Å². The number of halogens is 1. The van der Waals surface area contributed by atoms with Crippen molar-refractivity contribution in [2.75, 3.05) is 27.5 Å². The molecule has 2 aromatic heterocycles. The van der Waals surface area contributed by atoms with Gasteiger partial charge in [-0.05, 0) is 94.0 Å². The molecule has 0 saturated carbocycles. The highest BCUT2D eigenvalue weighted by atomic mass is 19.1. The van der Waals surface area contributed by atoms with E-state index in [1.165, 1.54) is 41.9 Å². The van der Waals surface area contributed by atoms with Crippen LogP contribution in [0.15, 0.2) is 67.5 Å². The largest absolute Gasteiger partial charge is 0.431 e. The van der Waals surface area contributed by atoms with Gasteiger partial charge in [-0.15, -0.1) is 6.58 Å². The molecule has 4 heterocycles. The predicted octanol–water partition coefficient (Wildman–Crippen LogP) is 5.50. The zero-order chi connectivity index (χ0) is 54.9. The zero-order valence-electron chi connectivity index (χ0n) is 45.3. The molecule has 2 aliphatic heterocycles. The second kappa shape index (κ2) is 25.1. The number of fused-ring (bicyclic) bond motifs is 4. The molecule has 2 bridgehead atoms. The maximum Gasteiger partial charge on any atom is 0.319 e. The Morgan fingerprint density at radius 1 is 0.813 bits per heavy atom. The van der Waals surface area contributed by atoms with Crippen LogP contribution in [0.2, 0.25) is 0 Å². The van der Waals surface area contributed by atoms with Crippen LogP contribution in [0.4, 0.5) is 4.39 Å². The number of ether oxygens (including phenoxy) is 1. The number of aromatic nitrogens is 3. The molecule has 0 spiro atoms. The van der Waals surface area contributed by atoms with E-state index in [1.807, 2.05) is 85.0 Å². The van der Waals surface area contributed by atoms with Gasteiger partial charge in [0.05, 0.1) is 11.1 Å². The number of nitrogens with one attached hydrogen (secondary N) is 4. The third kappa shape index (κ3) is 13.7. The van der Waals surface area contributed by atoms with Gasteiger partial charge < -0.3 is 45.3 Å². The summed E-state index contributed by atoms with van der Waals surface area (Å²) in [5.74, 6) is -4.30. The van der Waals surface area contributed by atoms with E-state index in [1.54, 1.807) is 18.2 Å². The second-order valence-electron chi connectivity index (χ2n) is 21.5. The minimum absolute atomic E-state index is 0.00269. The van der Waals surface area contributed by atoms with Crippen molar-refractivity contribution in [3.05, 3.63) is 78.6 Å². The average molecular weight is 1040 g/mol.